The molecule has 0 aliphatic carbocycles. The van der Waals surface area contributed by atoms with E-state index in [1.807, 2.05) is 13.2 Å². The van der Waals surface area contributed by atoms with Crippen molar-refractivity contribution in [1.29, 1.82) is 0 Å². The molecule has 0 unspecified atom stereocenters. The van der Waals surface area contributed by atoms with Gasteiger partial charge in [-0.05, 0) is 37.0 Å². The summed E-state index contributed by atoms with van der Waals surface area (Å²) in [5.41, 5.74) is 3.63. The Morgan fingerprint density at radius 2 is 2.12 bits per heavy atom. The van der Waals surface area contributed by atoms with Gasteiger partial charge in [0.05, 0.1) is 5.69 Å². The highest BCUT2D eigenvalue weighted by molar-refractivity contribution is 9.10. The third kappa shape index (κ3) is 2.70. The number of nitrogens with zero attached hydrogens (tertiary/aromatic N) is 3. The standard InChI is InChI=1S/C12H14BrN3/c1-9-3-4-10(12(13)7-9)5-6-11-8-16(2)15-14-11/h3-4,7-8H,5-6H2,1-2H3. The van der Waals surface area contributed by atoms with Crippen molar-refractivity contribution in [2.45, 2.75) is 19.8 Å². The zero-order valence-corrected chi connectivity index (χ0v) is 11.0. The second-order valence-corrected chi connectivity index (χ2v) is 4.83. The molecule has 16 heavy (non-hydrogen) atoms. The van der Waals surface area contributed by atoms with Gasteiger partial charge in [0.1, 0.15) is 0 Å². The molecule has 0 aliphatic heterocycles. The van der Waals surface area contributed by atoms with Crippen LogP contribution in [0.25, 0.3) is 0 Å². The summed E-state index contributed by atoms with van der Waals surface area (Å²) >= 11 is 3.58. The average molecular weight is 280 g/mol. The fraction of sp³-hybridized carbons (Fsp3) is 0.333. The second kappa shape index (κ2) is 4.78. The molecule has 0 bridgehead atoms. The van der Waals surface area contributed by atoms with Crippen LogP contribution in [0.1, 0.15) is 16.8 Å². The minimum atomic E-state index is 0.926. The van der Waals surface area contributed by atoms with Gasteiger partial charge >= 0.3 is 0 Å². The van der Waals surface area contributed by atoms with E-state index in [0.29, 0.717) is 0 Å². The maximum Gasteiger partial charge on any atom is 0.0830 e. The average Bonchev–Trinajstić information content (AvgIpc) is 2.63. The van der Waals surface area contributed by atoms with Crippen LogP contribution in [0.4, 0.5) is 0 Å². The Bertz CT molecular complexity index is 491. The lowest BCUT2D eigenvalue weighted by Crippen LogP contribution is -1.93. The fourth-order valence-corrected chi connectivity index (χ4v) is 2.32. The first-order valence-corrected chi connectivity index (χ1v) is 6.04. The molecule has 0 radical (unpaired) electrons. The van der Waals surface area contributed by atoms with E-state index in [0.717, 1.165) is 18.5 Å². The van der Waals surface area contributed by atoms with Gasteiger partial charge in [-0.15, -0.1) is 5.10 Å². The van der Waals surface area contributed by atoms with Crippen LogP contribution in [-0.2, 0) is 19.9 Å². The number of halogens is 1. The summed E-state index contributed by atoms with van der Waals surface area (Å²) in [4.78, 5) is 0. The quantitative estimate of drug-likeness (QED) is 0.865. The van der Waals surface area contributed by atoms with Crippen molar-refractivity contribution in [1.82, 2.24) is 15.0 Å². The number of aryl methyl sites for hydroxylation is 4. The zero-order chi connectivity index (χ0) is 11.5. The van der Waals surface area contributed by atoms with Crippen molar-refractivity contribution < 1.29 is 0 Å². The molecule has 0 fully saturated rings. The lowest BCUT2D eigenvalue weighted by molar-refractivity contribution is 0.713. The van der Waals surface area contributed by atoms with Gasteiger partial charge in [-0.25, -0.2) is 0 Å². The van der Waals surface area contributed by atoms with Crippen molar-refractivity contribution in [2.24, 2.45) is 7.05 Å². The van der Waals surface area contributed by atoms with Crippen LogP contribution < -0.4 is 0 Å². The molecule has 0 amide bonds. The van der Waals surface area contributed by atoms with Gasteiger partial charge < -0.3 is 0 Å². The SMILES string of the molecule is Cc1ccc(CCc2cn(C)nn2)c(Br)c1. The molecule has 1 aromatic heterocycles. The largest absolute Gasteiger partial charge is 0.255 e. The lowest BCUT2D eigenvalue weighted by Gasteiger charge is -2.03. The van der Waals surface area contributed by atoms with E-state index in [1.165, 1.54) is 15.6 Å². The molecule has 84 valence electrons. The third-order valence-corrected chi connectivity index (χ3v) is 3.25. The van der Waals surface area contributed by atoms with Crippen molar-refractivity contribution >= 4 is 15.9 Å². The van der Waals surface area contributed by atoms with Crippen LogP contribution in [0.15, 0.2) is 28.9 Å². The zero-order valence-electron chi connectivity index (χ0n) is 9.44. The van der Waals surface area contributed by atoms with Gasteiger partial charge in [0.15, 0.2) is 0 Å². The van der Waals surface area contributed by atoms with Crippen molar-refractivity contribution in [3.8, 4) is 0 Å². The molecular weight excluding hydrogens is 266 g/mol. The van der Waals surface area contributed by atoms with E-state index in [4.69, 9.17) is 0 Å². The topological polar surface area (TPSA) is 30.7 Å². The van der Waals surface area contributed by atoms with Gasteiger partial charge in [0.2, 0.25) is 0 Å². The van der Waals surface area contributed by atoms with Crippen LogP contribution in [0.3, 0.4) is 0 Å². The summed E-state index contributed by atoms with van der Waals surface area (Å²) in [6, 6.07) is 6.44. The summed E-state index contributed by atoms with van der Waals surface area (Å²) in [6.07, 6.45) is 3.87. The minimum absolute atomic E-state index is 0.926. The van der Waals surface area contributed by atoms with E-state index >= 15 is 0 Å². The van der Waals surface area contributed by atoms with E-state index < -0.39 is 0 Å². The van der Waals surface area contributed by atoms with Crippen molar-refractivity contribution in [3.63, 3.8) is 0 Å². The van der Waals surface area contributed by atoms with Crippen LogP contribution in [0, 0.1) is 6.92 Å². The molecule has 2 aromatic rings. The van der Waals surface area contributed by atoms with Crippen LogP contribution in [0.2, 0.25) is 0 Å². The Morgan fingerprint density at radius 1 is 1.31 bits per heavy atom. The van der Waals surface area contributed by atoms with Gasteiger partial charge in [-0.1, -0.05) is 33.3 Å². The highest BCUT2D eigenvalue weighted by Gasteiger charge is 2.03. The summed E-state index contributed by atoms with van der Waals surface area (Å²) in [5.74, 6) is 0. The molecule has 0 aliphatic rings. The molecule has 0 atom stereocenters. The smallest absolute Gasteiger partial charge is 0.0830 e. The molecule has 1 aromatic carbocycles. The van der Waals surface area contributed by atoms with Crippen LogP contribution in [0.5, 0.6) is 0 Å². The van der Waals surface area contributed by atoms with Gasteiger partial charge in [0.25, 0.3) is 0 Å². The molecular formula is C12H14BrN3. The highest BCUT2D eigenvalue weighted by atomic mass is 79.9. The number of benzene rings is 1. The fourth-order valence-electron chi connectivity index (χ4n) is 1.63. The number of aromatic nitrogens is 3. The number of hydrogen-bond donors (Lipinski definition) is 0. The monoisotopic (exact) mass is 279 g/mol. The highest BCUT2D eigenvalue weighted by Crippen LogP contribution is 2.19. The molecule has 1 heterocycles. The van der Waals surface area contributed by atoms with Crippen LogP contribution >= 0.6 is 15.9 Å². The lowest BCUT2D eigenvalue weighted by atomic mass is 10.1. The van der Waals surface area contributed by atoms with E-state index in [9.17, 15) is 0 Å². The first kappa shape index (κ1) is 11.3. The maximum atomic E-state index is 4.08. The Hall–Kier alpha value is -1.16. The maximum absolute atomic E-state index is 4.08. The van der Waals surface area contributed by atoms with Crippen molar-refractivity contribution in [2.75, 3.05) is 0 Å². The molecule has 2 rings (SSSR count). The van der Waals surface area contributed by atoms with Crippen molar-refractivity contribution in [3.05, 3.63) is 45.7 Å². The van der Waals surface area contributed by atoms with E-state index in [2.05, 4.69) is 51.4 Å². The Kier molecular flexibility index (Phi) is 3.39. The number of rotatable bonds is 3. The number of hydrogen-bond acceptors (Lipinski definition) is 2. The predicted molar refractivity (Wildman–Crippen MR) is 67.3 cm³/mol. The minimum Gasteiger partial charge on any atom is -0.255 e. The van der Waals surface area contributed by atoms with E-state index in [-0.39, 0.29) is 0 Å². The van der Waals surface area contributed by atoms with Crippen LogP contribution in [-0.4, -0.2) is 15.0 Å². The molecule has 0 spiro atoms. The molecule has 4 heteroatoms. The molecule has 3 nitrogen and oxygen atoms in total. The molecule has 0 saturated carbocycles. The third-order valence-electron chi connectivity index (χ3n) is 2.51. The predicted octanol–water partition coefficient (Wildman–Crippen LogP) is 2.67. The molecule has 0 N–H and O–H groups in total. The van der Waals surface area contributed by atoms with Gasteiger partial charge in [0, 0.05) is 17.7 Å². The Morgan fingerprint density at radius 3 is 2.75 bits per heavy atom. The van der Waals surface area contributed by atoms with Gasteiger partial charge in [-0.2, -0.15) is 0 Å². The first-order valence-electron chi connectivity index (χ1n) is 5.25. The second-order valence-electron chi connectivity index (χ2n) is 3.98. The normalized spacial score (nSPS) is 10.7. The summed E-state index contributed by atoms with van der Waals surface area (Å²) in [7, 11) is 1.89. The first-order chi connectivity index (χ1) is 7.65. The van der Waals surface area contributed by atoms with Gasteiger partial charge in [-0.3, -0.25) is 4.68 Å². The summed E-state index contributed by atoms with van der Waals surface area (Å²) in [6.45, 7) is 2.09. The summed E-state index contributed by atoms with van der Waals surface area (Å²) < 4.78 is 2.91. The summed E-state index contributed by atoms with van der Waals surface area (Å²) in [5, 5.41) is 8.00. The molecule has 0 saturated heterocycles. The Labute approximate surface area is 104 Å². The Balaban J connectivity index is 2.04. The van der Waals surface area contributed by atoms with E-state index in [1.54, 1.807) is 4.68 Å².